The largest absolute Gasteiger partial charge is 0.423 e. The third-order valence-corrected chi connectivity index (χ3v) is 5.11. The molecule has 1 aromatic heterocycles. The van der Waals surface area contributed by atoms with Crippen LogP contribution in [0.3, 0.4) is 0 Å². The highest BCUT2D eigenvalue weighted by atomic mass is 32.1. The molecule has 0 aliphatic heterocycles. The van der Waals surface area contributed by atoms with E-state index in [0.29, 0.717) is 4.70 Å². The lowest BCUT2D eigenvalue weighted by atomic mass is 10.0. The number of hydrogen-bond donors (Lipinski definition) is 0. The first-order valence-electron chi connectivity index (χ1n) is 9.00. The molecule has 4 aromatic rings. The van der Waals surface area contributed by atoms with E-state index in [1.165, 1.54) is 30.3 Å². The van der Waals surface area contributed by atoms with E-state index >= 15 is 0 Å². The Hall–Kier alpha value is -3.65. The van der Waals surface area contributed by atoms with E-state index in [2.05, 4.69) is 0 Å². The molecule has 0 aliphatic carbocycles. The van der Waals surface area contributed by atoms with Crippen molar-refractivity contribution in [2.45, 2.75) is 6.18 Å². The summed E-state index contributed by atoms with van der Waals surface area (Å²) in [7, 11) is 0. The molecule has 0 spiro atoms. The highest BCUT2D eigenvalue weighted by Crippen LogP contribution is 2.37. The monoisotopic (exact) mass is 442 g/mol. The molecule has 0 fully saturated rings. The van der Waals surface area contributed by atoms with Crippen molar-refractivity contribution in [3.8, 4) is 16.9 Å². The predicted molar refractivity (Wildman–Crippen MR) is 112 cm³/mol. The molecule has 4 rings (SSSR count). The van der Waals surface area contributed by atoms with Gasteiger partial charge in [0.2, 0.25) is 0 Å². The minimum atomic E-state index is -4.53. The molecule has 156 valence electrons. The van der Waals surface area contributed by atoms with Crippen molar-refractivity contribution in [2.24, 2.45) is 0 Å². The van der Waals surface area contributed by atoms with E-state index in [1.54, 1.807) is 6.08 Å². The number of esters is 1. The fraction of sp³-hybridized carbons (Fsp3) is 0.0435. The molecule has 4 nitrogen and oxygen atoms in total. The minimum Gasteiger partial charge on any atom is -0.423 e. The molecule has 0 unspecified atom stereocenters. The van der Waals surface area contributed by atoms with Crippen LogP contribution in [-0.4, -0.2) is 5.97 Å². The van der Waals surface area contributed by atoms with Gasteiger partial charge in [-0.05, 0) is 35.4 Å². The maximum absolute atomic E-state index is 13.1. The molecule has 31 heavy (non-hydrogen) atoms. The summed E-state index contributed by atoms with van der Waals surface area (Å²) in [6.45, 7) is 0. The number of fused-ring (bicyclic) bond motifs is 1. The Morgan fingerprint density at radius 1 is 1.00 bits per heavy atom. The Balaban J connectivity index is 1.71. The van der Waals surface area contributed by atoms with Crippen molar-refractivity contribution < 1.29 is 27.1 Å². The Labute approximate surface area is 177 Å². The SMILES string of the molecule is O=C(/C=C/c1ccccc1)Oc1cc(-c2cccc(C(F)(F)F)c2)c2oc(=O)sc2c1. The van der Waals surface area contributed by atoms with Gasteiger partial charge in [0, 0.05) is 17.7 Å². The summed E-state index contributed by atoms with van der Waals surface area (Å²) in [4.78, 5) is 23.4. The first-order chi connectivity index (χ1) is 14.8. The van der Waals surface area contributed by atoms with Crippen molar-refractivity contribution in [1.29, 1.82) is 0 Å². The van der Waals surface area contributed by atoms with E-state index in [0.717, 1.165) is 29.0 Å². The Morgan fingerprint density at radius 3 is 2.52 bits per heavy atom. The van der Waals surface area contributed by atoms with E-state index in [9.17, 15) is 22.8 Å². The quantitative estimate of drug-likeness (QED) is 0.216. The average Bonchev–Trinajstić information content (AvgIpc) is 3.12. The Bertz CT molecular complexity index is 1330. The zero-order valence-electron chi connectivity index (χ0n) is 15.7. The first-order valence-corrected chi connectivity index (χ1v) is 9.81. The van der Waals surface area contributed by atoms with Gasteiger partial charge in [-0.3, -0.25) is 0 Å². The van der Waals surface area contributed by atoms with Crippen molar-refractivity contribution in [1.82, 2.24) is 0 Å². The Morgan fingerprint density at radius 2 is 1.77 bits per heavy atom. The van der Waals surface area contributed by atoms with Crippen LogP contribution in [0.25, 0.3) is 27.5 Å². The van der Waals surface area contributed by atoms with Gasteiger partial charge < -0.3 is 9.15 Å². The average molecular weight is 442 g/mol. The summed E-state index contributed by atoms with van der Waals surface area (Å²) >= 11 is 0.768. The number of hydrogen-bond acceptors (Lipinski definition) is 5. The molecule has 0 radical (unpaired) electrons. The van der Waals surface area contributed by atoms with Crippen LogP contribution in [0.1, 0.15) is 11.1 Å². The van der Waals surface area contributed by atoms with E-state index in [1.807, 2.05) is 30.3 Å². The lowest BCUT2D eigenvalue weighted by Crippen LogP contribution is -2.05. The predicted octanol–water partition coefficient (Wildman–Crippen LogP) is 6.16. The van der Waals surface area contributed by atoms with Gasteiger partial charge in [0.1, 0.15) is 5.75 Å². The van der Waals surface area contributed by atoms with Gasteiger partial charge in [-0.2, -0.15) is 13.2 Å². The van der Waals surface area contributed by atoms with Crippen LogP contribution in [0.5, 0.6) is 5.75 Å². The summed E-state index contributed by atoms with van der Waals surface area (Å²) in [5.74, 6) is -0.589. The van der Waals surface area contributed by atoms with Gasteiger partial charge >= 0.3 is 17.1 Å². The van der Waals surface area contributed by atoms with Gasteiger partial charge in [0.25, 0.3) is 0 Å². The summed E-state index contributed by atoms with van der Waals surface area (Å²) in [5, 5.41) is 0. The van der Waals surface area contributed by atoms with Crippen LogP contribution in [0, 0.1) is 0 Å². The zero-order valence-corrected chi connectivity index (χ0v) is 16.5. The Kier molecular flexibility index (Phi) is 5.48. The van der Waals surface area contributed by atoms with Crippen LogP contribution >= 0.6 is 11.3 Å². The number of ether oxygens (including phenoxy) is 1. The van der Waals surface area contributed by atoms with Gasteiger partial charge in [-0.1, -0.05) is 53.8 Å². The fourth-order valence-electron chi connectivity index (χ4n) is 2.97. The third-order valence-electron chi connectivity index (χ3n) is 4.34. The van der Waals surface area contributed by atoms with Crippen LogP contribution < -0.4 is 9.68 Å². The summed E-state index contributed by atoms with van der Waals surface area (Å²) in [6.07, 6.45) is -1.72. The van der Waals surface area contributed by atoms with Crippen molar-refractivity contribution >= 4 is 33.7 Å². The second kappa shape index (κ2) is 8.23. The minimum absolute atomic E-state index is 0.0830. The van der Waals surface area contributed by atoms with Crippen LogP contribution in [0.15, 0.2) is 82.0 Å². The lowest BCUT2D eigenvalue weighted by Gasteiger charge is -2.10. The topological polar surface area (TPSA) is 56.5 Å². The smallest absolute Gasteiger partial charge is 0.416 e. The van der Waals surface area contributed by atoms with Crippen molar-refractivity contribution in [3.05, 3.63) is 93.7 Å². The molecule has 1 heterocycles. The van der Waals surface area contributed by atoms with Gasteiger partial charge in [0.15, 0.2) is 5.58 Å². The molecular weight excluding hydrogens is 429 g/mol. The van der Waals surface area contributed by atoms with Crippen molar-refractivity contribution in [2.75, 3.05) is 0 Å². The molecule has 0 saturated carbocycles. The highest BCUT2D eigenvalue weighted by molar-refractivity contribution is 7.16. The number of carbonyl (C=O) groups excluding carboxylic acids is 1. The lowest BCUT2D eigenvalue weighted by molar-refractivity contribution is -0.137. The number of halogens is 3. The molecule has 0 N–H and O–H groups in total. The summed E-state index contributed by atoms with van der Waals surface area (Å²) in [6, 6.07) is 16.5. The molecule has 0 aliphatic rings. The highest BCUT2D eigenvalue weighted by Gasteiger charge is 2.30. The number of alkyl halides is 3. The maximum atomic E-state index is 13.1. The number of benzene rings is 3. The molecule has 3 aromatic carbocycles. The molecule has 0 atom stereocenters. The molecule has 0 amide bonds. The molecule has 0 saturated heterocycles. The molecule has 8 heteroatoms. The first kappa shape index (κ1) is 20.6. The normalized spacial score (nSPS) is 11.8. The molecule has 0 bridgehead atoms. The van der Waals surface area contributed by atoms with E-state index < -0.39 is 22.6 Å². The second-order valence-electron chi connectivity index (χ2n) is 6.50. The van der Waals surface area contributed by atoms with Gasteiger partial charge in [-0.25, -0.2) is 9.59 Å². The van der Waals surface area contributed by atoms with E-state index in [4.69, 9.17) is 9.15 Å². The maximum Gasteiger partial charge on any atom is 0.416 e. The number of rotatable bonds is 4. The van der Waals surface area contributed by atoms with E-state index in [-0.39, 0.29) is 22.5 Å². The number of carbonyl (C=O) groups is 1. The van der Waals surface area contributed by atoms with Gasteiger partial charge in [-0.15, -0.1) is 0 Å². The van der Waals surface area contributed by atoms with Gasteiger partial charge in [0.05, 0.1) is 10.3 Å². The second-order valence-corrected chi connectivity index (χ2v) is 7.47. The summed E-state index contributed by atoms with van der Waals surface area (Å²) < 4.78 is 50.2. The standard InChI is InChI=1S/C23H13F3O4S/c24-23(25,26)16-8-4-7-15(11-16)18-12-17(13-19-21(18)30-22(28)31-19)29-20(27)10-9-14-5-2-1-3-6-14/h1-13H/b10-9+. The van der Waals surface area contributed by atoms with Crippen LogP contribution in [0.4, 0.5) is 13.2 Å². The van der Waals surface area contributed by atoms with Crippen molar-refractivity contribution in [3.63, 3.8) is 0 Å². The summed E-state index contributed by atoms with van der Waals surface area (Å²) in [5.41, 5.74) is 0.487. The van der Waals surface area contributed by atoms with Crippen LogP contribution in [0.2, 0.25) is 0 Å². The zero-order chi connectivity index (χ0) is 22.0. The van der Waals surface area contributed by atoms with Crippen LogP contribution in [-0.2, 0) is 11.0 Å². The molecular formula is C23H13F3O4S. The third kappa shape index (κ3) is 4.75. The fourth-order valence-corrected chi connectivity index (χ4v) is 3.69.